The van der Waals surface area contributed by atoms with Gasteiger partial charge in [-0.2, -0.15) is 0 Å². The standard InChI is InChI=1S/C19H39N3O/c1-15(2)20-9-11-21(12-10-20)17(5)7-8-19-14-23-13-18(6)22(19)16(3)4/h15-19H,7-14H2,1-6H3/t17?,18-,19-/m0/s1. The third-order valence-electron chi connectivity index (χ3n) is 5.82. The molecule has 4 nitrogen and oxygen atoms in total. The summed E-state index contributed by atoms with van der Waals surface area (Å²) in [4.78, 5) is 7.96. The van der Waals surface area contributed by atoms with Crippen LogP contribution in [0.5, 0.6) is 0 Å². The van der Waals surface area contributed by atoms with Gasteiger partial charge in [0.1, 0.15) is 0 Å². The highest BCUT2D eigenvalue weighted by atomic mass is 16.5. The van der Waals surface area contributed by atoms with Crippen LogP contribution in [0.2, 0.25) is 0 Å². The predicted molar refractivity (Wildman–Crippen MR) is 98.0 cm³/mol. The van der Waals surface area contributed by atoms with Crippen LogP contribution < -0.4 is 0 Å². The van der Waals surface area contributed by atoms with Crippen LogP contribution in [0.4, 0.5) is 0 Å². The van der Waals surface area contributed by atoms with E-state index in [2.05, 4.69) is 56.2 Å². The number of morpholine rings is 1. The predicted octanol–water partition coefficient (Wildman–Crippen LogP) is 2.68. The lowest BCUT2D eigenvalue weighted by molar-refractivity contribution is -0.0627. The van der Waals surface area contributed by atoms with Gasteiger partial charge in [0.25, 0.3) is 0 Å². The largest absolute Gasteiger partial charge is 0.378 e. The minimum atomic E-state index is 0.554. The molecule has 0 aromatic rings. The van der Waals surface area contributed by atoms with Crippen molar-refractivity contribution < 1.29 is 4.74 Å². The van der Waals surface area contributed by atoms with E-state index >= 15 is 0 Å². The molecule has 3 atom stereocenters. The molecule has 0 aliphatic carbocycles. The maximum atomic E-state index is 5.83. The summed E-state index contributed by atoms with van der Waals surface area (Å²) in [6.07, 6.45) is 2.54. The lowest BCUT2D eigenvalue weighted by Gasteiger charge is -2.44. The fraction of sp³-hybridized carbons (Fsp3) is 1.00. The molecular weight excluding hydrogens is 286 g/mol. The molecule has 1 unspecified atom stereocenters. The Morgan fingerprint density at radius 2 is 1.48 bits per heavy atom. The average Bonchev–Trinajstić information content (AvgIpc) is 2.52. The molecule has 0 N–H and O–H groups in total. The first-order valence-corrected chi connectivity index (χ1v) is 9.73. The van der Waals surface area contributed by atoms with E-state index < -0.39 is 0 Å². The molecule has 0 bridgehead atoms. The van der Waals surface area contributed by atoms with E-state index in [0.29, 0.717) is 30.2 Å². The van der Waals surface area contributed by atoms with Gasteiger partial charge >= 0.3 is 0 Å². The highest BCUT2D eigenvalue weighted by Gasteiger charge is 2.31. The van der Waals surface area contributed by atoms with Gasteiger partial charge in [0.15, 0.2) is 0 Å². The molecule has 2 fully saturated rings. The zero-order valence-electron chi connectivity index (χ0n) is 16.3. The molecule has 0 aromatic carbocycles. The van der Waals surface area contributed by atoms with E-state index in [1.807, 2.05) is 0 Å². The Kier molecular flexibility index (Phi) is 7.33. The fourth-order valence-corrected chi connectivity index (χ4v) is 4.38. The second-order valence-corrected chi connectivity index (χ2v) is 8.17. The SMILES string of the molecule is CC(C)N1CCN(C(C)CC[C@H]2COC[C@H](C)N2C(C)C)CC1. The number of hydrogen-bond donors (Lipinski definition) is 0. The summed E-state index contributed by atoms with van der Waals surface area (Å²) in [6, 6.07) is 3.14. The highest BCUT2D eigenvalue weighted by Crippen LogP contribution is 2.22. The Balaban J connectivity index is 1.78. The molecule has 2 aliphatic rings. The Hall–Kier alpha value is -0.160. The van der Waals surface area contributed by atoms with Gasteiger partial charge in [0.05, 0.1) is 13.2 Å². The summed E-state index contributed by atoms with van der Waals surface area (Å²) in [7, 11) is 0. The fourth-order valence-electron chi connectivity index (χ4n) is 4.38. The summed E-state index contributed by atoms with van der Waals surface area (Å²) >= 11 is 0. The van der Waals surface area contributed by atoms with Gasteiger partial charge in [-0.15, -0.1) is 0 Å². The molecule has 0 spiro atoms. The first-order valence-electron chi connectivity index (χ1n) is 9.73. The van der Waals surface area contributed by atoms with Gasteiger partial charge in [-0.25, -0.2) is 0 Å². The van der Waals surface area contributed by atoms with Crippen LogP contribution in [0, 0.1) is 0 Å². The van der Waals surface area contributed by atoms with Crippen LogP contribution in [-0.2, 0) is 4.74 Å². The van der Waals surface area contributed by atoms with E-state index in [9.17, 15) is 0 Å². The number of hydrogen-bond acceptors (Lipinski definition) is 4. The van der Waals surface area contributed by atoms with Crippen molar-refractivity contribution in [3.63, 3.8) is 0 Å². The number of piperazine rings is 1. The minimum Gasteiger partial charge on any atom is -0.378 e. The molecular formula is C19H39N3O. The van der Waals surface area contributed by atoms with Gasteiger partial charge in [-0.05, 0) is 54.4 Å². The Bertz CT molecular complexity index is 340. The summed E-state index contributed by atoms with van der Waals surface area (Å²) in [5.41, 5.74) is 0. The monoisotopic (exact) mass is 325 g/mol. The van der Waals surface area contributed by atoms with E-state index in [-0.39, 0.29) is 0 Å². The molecule has 136 valence electrons. The molecule has 4 heteroatoms. The van der Waals surface area contributed by atoms with Crippen LogP contribution in [0.1, 0.15) is 54.4 Å². The van der Waals surface area contributed by atoms with E-state index in [1.165, 1.54) is 39.0 Å². The summed E-state index contributed by atoms with van der Waals surface area (Å²) in [6.45, 7) is 20.7. The first kappa shape index (κ1) is 19.2. The van der Waals surface area contributed by atoms with Gasteiger partial charge in [0, 0.05) is 56.4 Å². The molecule has 2 rings (SSSR count). The van der Waals surface area contributed by atoms with Gasteiger partial charge in [0.2, 0.25) is 0 Å². The smallest absolute Gasteiger partial charge is 0.0622 e. The molecule has 0 saturated carbocycles. The normalized spacial score (nSPS) is 30.3. The maximum absolute atomic E-state index is 5.83. The number of ether oxygens (including phenoxy) is 1. The first-order chi connectivity index (χ1) is 10.9. The van der Waals surface area contributed by atoms with Gasteiger partial charge in [-0.3, -0.25) is 14.7 Å². The lowest BCUT2D eigenvalue weighted by atomic mass is 10.0. The summed E-state index contributed by atoms with van der Waals surface area (Å²) in [5.74, 6) is 0. The molecule has 0 aromatic heterocycles. The van der Waals surface area contributed by atoms with Crippen molar-refractivity contribution in [2.75, 3.05) is 39.4 Å². The van der Waals surface area contributed by atoms with Crippen molar-refractivity contribution in [3.05, 3.63) is 0 Å². The second kappa shape index (κ2) is 8.80. The third kappa shape index (κ3) is 5.15. The molecule has 0 radical (unpaired) electrons. The zero-order valence-corrected chi connectivity index (χ0v) is 16.3. The lowest BCUT2D eigenvalue weighted by Crippen LogP contribution is -2.55. The summed E-state index contributed by atoms with van der Waals surface area (Å²) in [5, 5.41) is 0. The van der Waals surface area contributed by atoms with E-state index in [4.69, 9.17) is 4.74 Å². The van der Waals surface area contributed by atoms with Gasteiger partial charge < -0.3 is 4.74 Å². The van der Waals surface area contributed by atoms with Crippen LogP contribution in [0.3, 0.4) is 0 Å². The number of rotatable bonds is 6. The van der Waals surface area contributed by atoms with Crippen molar-refractivity contribution in [2.24, 2.45) is 0 Å². The van der Waals surface area contributed by atoms with Crippen LogP contribution >= 0.6 is 0 Å². The molecule has 2 aliphatic heterocycles. The van der Waals surface area contributed by atoms with E-state index in [0.717, 1.165) is 13.2 Å². The van der Waals surface area contributed by atoms with Crippen LogP contribution in [0.25, 0.3) is 0 Å². The van der Waals surface area contributed by atoms with Crippen molar-refractivity contribution in [2.45, 2.75) is 84.6 Å². The average molecular weight is 326 g/mol. The molecule has 2 saturated heterocycles. The number of nitrogens with zero attached hydrogens (tertiary/aromatic N) is 3. The molecule has 23 heavy (non-hydrogen) atoms. The Labute approximate surface area is 144 Å². The summed E-state index contributed by atoms with van der Waals surface area (Å²) < 4.78 is 5.83. The van der Waals surface area contributed by atoms with Crippen molar-refractivity contribution in [3.8, 4) is 0 Å². The van der Waals surface area contributed by atoms with Crippen LogP contribution in [-0.4, -0.2) is 84.3 Å². The second-order valence-electron chi connectivity index (χ2n) is 8.17. The van der Waals surface area contributed by atoms with E-state index in [1.54, 1.807) is 0 Å². The Morgan fingerprint density at radius 3 is 2.04 bits per heavy atom. The van der Waals surface area contributed by atoms with Crippen molar-refractivity contribution in [1.82, 2.24) is 14.7 Å². The maximum Gasteiger partial charge on any atom is 0.0622 e. The minimum absolute atomic E-state index is 0.554. The highest BCUT2D eigenvalue weighted by molar-refractivity contribution is 4.85. The topological polar surface area (TPSA) is 19.0 Å². The quantitative estimate of drug-likeness (QED) is 0.747. The molecule has 0 amide bonds. The zero-order chi connectivity index (χ0) is 17.0. The Morgan fingerprint density at radius 1 is 0.870 bits per heavy atom. The molecule has 2 heterocycles. The van der Waals surface area contributed by atoms with Crippen LogP contribution in [0.15, 0.2) is 0 Å². The third-order valence-corrected chi connectivity index (χ3v) is 5.82. The van der Waals surface area contributed by atoms with Crippen molar-refractivity contribution in [1.29, 1.82) is 0 Å². The van der Waals surface area contributed by atoms with Gasteiger partial charge in [-0.1, -0.05) is 0 Å². The van der Waals surface area contributed by atoms with Crippen molar-refractivity contribution >= 4 is 0 Å².